The highest BCUT2D eigenvalue weighted by atomic mass is 19.2. The molecule has 1 N–H and O–H groups in total. The Bertz CT molecular complexity index is 576. The number of methoxy groups -OCH3 is 1. The summed E-state index contributed by atoms with van der Waals surface area (Å²) in [7, 11) is 3.21. The molecule has 2 aromatic rings. The van der Waals surface area contributed by atoms with Gasteiger partial charge in [-0.3, -0.25) is 0 Å². The van der Waals surface area contributed by atoms with Gasteiger partial charge in [-0.2, -0.15) is 0 Å². The minimum absolute atomic E-state index is 0.314. The van der Waals surface area contributed by atoms with Crippen molar-refractivity contribution in [3.05, 3.63) is 65.0 Å². The lowest BCUT2D eigenvalue weighted by atomic mass is 9.98. The van der Waals surface area contributed by atoms with Gasteiger partial charge in [0.1, 0.15) is 5.75 Å². The largest absolute Gasteiger partial charge is 0.497 e. The maximum Gasteiger partial charge on any atom is 0.194 e. The van der Waals surface area contributed by atoms with Gasteiger partial charge in [0, 0.05) is 0 Å². The molecule has 1 unspecified atom stereocenters. The Morgan fingerprint density at radius 3 is 1.95 bits per heavy atom. The van der Waals surface area contributed by atoms with Gasteiger partial charge in [-0.15, -0.1) is 0 Å². The molecule has 2 rings (SSSR count). The Morgan fingerprint density at radius 1 is 0.950 bits per heavy atom. The van der Waals surface area contributed by atoms with E-state index in [4.69, 9.17) is 4.74 Å². The highest BCUT2D eigenvalue weighted by Crippen LogP contribution is 2.26. The zero-order valence-electron chi connectivity index (χ0n) is 11.1. The topological polar surface area (TPSA) is 21.3 Å². The van der Waals surface area contributed by atoms with Crippen molar-refractivity contribution in [2.75, 3.05) is 14.2 Å². The van der Waals surface area contributed by atoms with E-state index >= 15 is 0 Å². The second-order valence-corrected chi connectivity index (χ2v) is 4.29. The summed E-state index contributed by atoms with van der Waals surface area (Å²) >= 11 is 0. The Kier molecular flexibility index (Phi) is 4.29. The second-order valence-electron chi connectivity index (χ2n) is 4.29. The lowest BCUT2D eigenvalue weighted by molar-refractivity contribution is 0.414. The third-order valence-electron chi connectivity index (χ3n) is 3.08. The summed E-state index contributed by atoms with van der Waals surface area (Å²) in [5, 5.41) is 2.95. The zero-order chi connectivity index (χ0) is 14.7. The third-order valence-corrected chi connectivity index (χ3v) is 3.08. The summed E-state index contributed by atoms with van der Waals surface area (Å²) in [6.07, 6.45) is 0. The summed E-state index contributed by atoms with van der Waals surface area (Å²) in [5.41, 5.74) is 1.10. The lowest BCUT2D eigenvalue weighted by Crippen LogP contribution is -2.18. The van der Waals surface area contributed by atoms with Gasteiger partial charge in [0.15, 0.2) is 17.5 Å². The second kappa shape index (κ2) is 5.96. The molecule has 0 aliphatic heterocycles. The van der Waals surface area contributed by atoms with Crippen molar-refractivity contribution >= 4 is 0 Å². The summed E-state index contributed by atoms with van der Waals surface area (Å²) in [6.45, 7) is 0. The van der Waals surface area contributed by atoms with Gasteiger partial charge in [0.2, 0.25) is 0 Å². The fourth-order valence-corrected chi connectivity index (χ4v) is 2.06. The van der Waals surface area contributed by atoms with Crippen LogP contribution in [0.15, 0.2) is 36.4 Å². The van der Waals surface area contributed by atoms with Crippen LogP contribution in [0.1, 0.15) is 17.2 Å². The van der Waals surface area contributed by atoms with E-state index in [0.29, 0.717) is 11.3 Å². The van der Waals surface area contributed by atoms with Crippen LogP contribution in [0.25, 0.3) is 0 Å². The molecule has 20 heavy (non-hydrogen) atoms. The van der Waals surface area contributed by atoms with Gasteiger partial charge >= 0.3 is 0 Å². The highest BCUT2D eigenvalue weighted by Gasteiger charge is 2.17. The van der Waals surface area contributed by atoms with E-state index < -0.39 is 23.5 Å². The molecule has 0 fully saturated rings. The average molecular weight is 281 g/mol. The first kappa shape index (κ1) is 14.4. The van der Waals surface area contributed by atoms with E-state index in [1.54, 1.807) is 38.4 Å². The molecule has 1 atom stereocenters. The molecule has 2 nitrogen and oxygen atoms in total. The number of halogens is 3. The van der Waals surface area contributed by atoms with Gasteiger partial charge in [-0.1, -0.05) is 12.1 Å². The van der Waals surface area contributed by atoms with Gasteiger partial charge in [0.05, 0.1) is 13.2 Å². The summed E-state index contributed by atoms with van der Waals surface area (Å²) in [6, 6.07) is 8.59. The lowest BCUT2D eigenvalue weighted by Gasteiger charge is -2.18. The van der Waals surface area contributed by atoms with E-state index in [0.717, 1.165) is 17.7 Å². The van der Waals surface area contributed by atoms with E-state index in [1.165, 1.54) is 0 Å². The van der Waals surface area contributed by atoms with E-state index in [-0.39, 0.29) is 0 Å². The molecular weight excluding hydrogens is 267 g/mol. The summed E-state index contributed by atoms with van der Waals surface area (Å²) < 4.78 is 44.7. The molecule has 0 aliphatic carbocycles. The van der Waals surface area contributed by atoms with Crippen molar-refractivity contribution in [2.24, 2.45) is 0 Å². The quantitative estimate of drug-likeness (QED) is 0.867. The summed E-state index contributed by atoms with van der Waals surface area (Å²) in [5.74, 6) is -3.18. The molecule has 0 spiro atoms. The van der Waals surface area contributed by atoms with Crippen LogP contribution in [0.2, 0.25) is 0 Å². The molecule has 106 valence electrons. The Balaban J connectivity index is 2.41. The average Bonchev–Trinajstić information content (AvgIpc) is 2.46. The van der Waals surface area contributed by atoms with Crippen LogP contribution in [0.5, 0.6) is 5.75 Å². The van der Waals surface area contributed by atoms with Gasteiger partial charge in [-0.05, 0) is 42.4 Å². The van der Waals surface area contributed by atoms with Gasteiger partial charge in [0.25, 0.3) is 0 Å². The van der Waals surface area contributed by atoms with Crippen LogP contribution in [-0.4, -0.2) is 14.2 Å². The van der Waals surface area contributed by atoms with Crippen LogP contribution in [-0.2, 0) is 0 Å². The van der Waals surface area contributed by atoms with Crippen molar-refractivity contribution in [3.8, 4) is 5.75 Å². The standard InChI is InChI=1S/C15H14F3NO/c1-19-15(9-3-5-11(20-2)6-4-9)10-7-12(16)14(18)13(17)8-10/h3-8,15,19H,1-2H3. The fourth-order valence-electron chi connectivity index (χ4n) is 2.06. The van der Waals surface area contributed by atoms with E-state index in [9.17, 15) is 13.2 Å². The van der Waals surface area contributed by atoms with Crippen molar-refractivity contribution in [1.82, 2.24) is 5.32 Å². The molecule has 5 heteroatoms. The zero-order valence-corrected chi connectivity index (χ0v) is 11.1. The molecule has 0 saturated heterocycles. The van der Waals surface area contributed by atoms with Gasteiger partial charge in [-0.25, -0.2) is 13.2 Å². The number of hydrogen-bond donors (Lipinski definition) is 1. The Hall–Kier alpha value is -2.01. The third kappa shape index (κ3) is 2.77. The monoisotopic (exact) mass is 281 g/mol. The van der Waals surface area contributed by atoms with E-state index in [2.05, 4.69) is 5.32 Å². The number of ether oxygens (including phenoxy) is 1. The number of nitrogens with one attached hydrogen (secondary N) is 1. The minimum atomic E-state index is -1.46. The number of benzene rings is 2. The molecule has 2 aromatic carbocycles. The Labute approximate surface area is 115 Å². The first-order valence-corrected chi connectivity index (χ1v) is 6.02. The molecule has 0 heterocycles. The molecule has 0 aliphatic rings. The van der Waals surface area contributed by atoms with E-state index in [1.807, 2.05) is 0 Å². The maximum absolute atomic E-state index is 13.3. The molecule has 0 amide bonds. The molecule has 0 aromatic heterocycles. The first-order chi connectivity index (χ1) is 9.56. The van der Waals surface area contributed by atoms with Gasteiger partial charge < -0.3 is 10.1 Å². The number of hydrogen-bond acceptors (Lipinski definition) is 2. The van der Waals surface area contributed by atoms with Crippen LogP contribution >= 0.6 is 0 Å². The molecule has 0 saturated carbocycles. The Morgan fingerprint density at radius 2 is 1.50 bits per heavy atom. The predicted molar refractivity (Wildman–Crippen MR) is 70.2 cm³/mol. The van der Waals surface area contributed by atoms with Crippen molar-refractivity contribution in [2.45, 2.75) is 6.04 Å². The van der Waals surface area contributed by atoms with Crippen molar-refractivity contribution in [1.29, 1.82) is 0 Å². The first-order valence-electron chi connectivity index (χ1n) is 6.02. The fraction of sp³-hybridized carbons (Fsp3) is 0.200. The predicted octanol–water partition coefficient (Wildman–Crippen LogP) is 3.42. The highest BCUT2D eigenvalue weighted by molar-refractivity contribution is 5.36. The van der Waals surface area contributed by atoms with Crippen molar-refractivity contribution < 1.29 is 17.9 Å². The minimum Gasteiger partial charge on any atom is -0.497 e. The van der Waals surface area contributed by atoms with Crippen LogP contribution in [0, 0.1) is 17.5 Å². The molecule has 0 bridgehead atoms. The summed E-state index contributed by atoms with van der Waals surface area (Å²) in [4.78, 5) is 0. The smallest absolute Gasteiger partial charge is 0.194 e. The number of rotatable bonds is 4. The van der Waals surface area contributed by atoms with Crippen LogP contribution in [0.3, 0.4) is 0 Å². The van der Waals surface area contributed by atoms with Crippen LogP contribution < -0.4 is 10.1 Å². The SMILES string of the molecule is CNC(c1ccc(OC)cc1)c1cc(F)c(F)c(F)c1. The normalized spacial score (nSPS) is 12.2. The van der Waals surface area contributed by atoms with Crippen molar-refractivity contribution in [3.63, 3.8) is 0 Å². The molecule has 0 radical (unpaired) electrons. The maximum atomic E-state index is 13.3. The van der Waals surface area contributed by atoms with Crippen LogP contribution in [0.4, 0.5) is 13.2 Å². The molecular formula is C15H14F3NO.